The molecule has 1 heterocycles. The summed E-state index contributed by atoms with van der Waals surface area (Å²) < 4.78 is 0. The number of nitrogens with zero attached hydrogens (tertiary/aromatic N) is 1. The molecule has 68 valence electrons. The summed E-state index contributed by atoms with van der Waals surface area (Å²) in [6.45, 7) is 1.54. The zero-order valence-corrected chi connectivity index (χ0v) is 7.90. The van der Waals surface area contributed by atoms with Crippen molar-refractivity contribution in [3.63, 3.8) is 0 Å². The summed E-state index contributed by atoms with van der Waals surface area (Å²) >= 11 is 0. The van der Waals surface area contributed by atoms with Crippen molar-refractivity contribution in [2.24, 2.45) is 0 Å². The molecule has 1 aliphatic rings. The molecule has 0 unspecified atom stereocenters. The normalized spacial score (nSPS) is 15.5. The highest BCUT2D eigenvalue weighted by atomic mass is 16.1. The molecule has 0 aromatic heterocycles. The molecule has 0 saturated carbocycles. The molecule has 0 N–H and O–H groups in total. The van der Waals surface area contributed by atoms with Gasteiger partial charge in [0.15, 0.2) is 5.78 Å². The fraction of sp³-hybridized carbons (Fsp3) is 0.182. The first-order valence-electron chi connectivity index (χ1n) is 4.16. The predicted molar refractivity (Wildman–Crippen MR) is 53.9 cm³/mol. The second-order valence-corrected chi connectivity index (χ2v) is 2.93. The van der Waals surface area contributed by atoms with Crippen LogP contribution in [-0.4, -0.2) is 17.7 Å². The quantitative estimate of drug-likeness (QED) is 0.598. The van der Waals surface area contributed by atoms with Gasteiger partial charge in [-0.15, -0.1) is 0 Å². The van der Waals surface area contributed by atoms with E-state index in [0.717, 1.165) is 5.57 Å². The van der Waals surface area contributed by atoms with Gasteiger partial charge in [-0.2, -0.15) is 0 Å². The van der Waals surface area contributed by atoms with Gasteiger partial charge in [-0.05, 0) is 30.7 Å². The molecule has 2 heteroatoms. The minimum absolute atomic E-state index is 0.0673. The van der Waals surface area contributed by atoms with Crippen LogP contribution in [0.1, 0.15) is 6.92 Å². The van der Waals surface area contributed by atoms with Gasteiger partial charge in [-0.25, -0.2) is 0 Å². The lowest BCUT2D eigenvalue weighted by Gasteiger charge is -2.11. The van der Waals surface area contributed by atoms with E-state index in [4.69, 9.17) is 0 Å². The number of hydrogen-bond acceptors (Lipinski definition) is 2. The summed E-state index contributed by atoms with van der Waals surface area (Å²) in [4.78, 5) is 12.5. The lowest BCUT2D eigenvalue weighted by atomic mass is 10.2. The van der Waals surface area contributed by atoms with E-state index >= 15 is 0 Å². The molecular formula is C11H13NO. The van der Waals surface area contributed by atoms with Gasteiger partial charge in [-0.1, -0.05) is 12.2 Å². The SMILES string of the molecule is CC(=O)/C=C/C=C1C=CN(C)C=C1. The zero-order valence-electron chi connectivity index (χ0n) is 7.90. The summed E-state index contributed by atoms with van der Waals surface area (Å²) in [6, 6.07) is 0. The molecule has 0 amide bonds. The van der Waals surface area contributed by atoms with E-state index in [9.17, 15) is 4.79 Å². The second-order valence-electron chi connectivity index (χ2n) is 2.93. The van der Waals surface area contributed by atoms with Gasteiger partial charge in [0.25, 0.3) is 0 Å². The van der Waals surface area contributed by atoms with E-state index in [2.05, 4.69) is 0 Å². The average Bonchev–Trinajstić information content (AvgIpc) is 2.08. The molecule has 0 fully saturated rings. The Morgan fingerprint density at radius 3 is 2.54 bits per heavy atom. The summed E-state index contributed by atoms with van der Waals surface area (Å²) in [5.41, 5.74) is 1.09. The zero-order chi connectivity index (χ0) is 9.68. The van der Waals surface area contributed by atoms with E-state index in [1.807, 2.05) is 42.6 Å². The van der Waals surface area contributed by atoms with Crippen molar-refractivity contribution >= 4 is 5.78 Å². The second kappa shape index (κ2) is 4.45. The minimum atomic E-state index is 0.0673. The summed E-state index contributed by atoms with van der Waals surface area (Å²) in [5.74, 6) is 0.0673. The molecule has 0 spiro atoms. The van der Waals surface area contributed by atoms with Crippen LogP contribution < -0.4 is 0 Å². The average molecular weight is 175 g/mol. The van der Waals surface area contributed by atoms with Crippen molar-refractivity contribution in [2.75, 3.05) is 7.05 Å². The summed E-state index contributed by atoms with van der Waals surface area (Å²) in [7, 11) is 1.97. The van der Waals surface area contributed by atoms with Crippen LogP contribution in [0.25, 0.3) is 0 Å². The molecular weight excluding hydrogens is 162 g/mol. The number of carbonyl (C=O) groups excluding carboxylic acids is 1. The van der Waals surface area contributed by atoms with Gasteiger partial charge in [0.05, 0.1) is 0 Å². The predicted octanol–water partition coefficient (Wildman–Crippen LogP) is 2.03. The molecule has 2 nitrogen and oxygen atoms in total. The molecule has 0 aromatic carbocycles. The van der Waals surface area contributed by atoms with E-state index in [0.29, 0.717) is 0 Å². The highest BCUT2D eigenvalue weighted by Crippen LogP contribution is 2.07. The van der Waals surface area contributed by atoms with Crippen LogP contribution in [-0.2, 0) is 4.79 Å². The lowest BCUT2D eigenvalue weighted by Crippen LogP contribution is -2.02. The highest BCUT2D eigenvalue weighted by molar-refractivity contribution is 5.87. The van der Waals surface area contributed by atoms with Crippen molar-refractivity contribution in [3.8, 4) is 0 Å². The first-order valence-corrected chi connectivity index (χ1v) is 4.16. The Labute approximate surface area is 78.5 Å². The summed E-state index contributed by atoms with van der Waals surface area (Å²) in [5, 5.41) is 0. The van der Waals surface area contributed by atoms with Gasteiger partial charge in [0, 0.05) is 19.4 Å². The van der Waals surface area contributed by atoms with Crippen LogP contribution in [0.5, 0.6) is 0 Å². The Morgan fingerprint density at radius 1 is 1.38 bits per heavy atom. The number of hydrogen-bond donors (Lipinski definition) is 0. The van der Waals surface area contributed by atoms with Crippen molar-refractivity contribution in [3.05, 3.63) is 48.4 Å². The van der Waals surface area contributed by atoms with E-state index < -0.39 is 0 Å². The number of allylic oxidation sites excluding steroid dienone is 6. The number of carbonyl (C=O) groups is 1. The van der Waals surface area contributed by atoms with Crippen LogP contribution in [0.15, 0.2) is 48.4 Å². The number of rotatable bonds is 2. The van der Waals surface area contributed by atoms with Crippen molar-refractivity contribution < 1.29 is 4.79 Å². The Morgan fingerprint density at radius 2 is 2.00 bits per heavy atom. The topological polar surface area (TPSA) is 20.3 Å². The van der Waals surface area contributed by atoms with E-state index in [1.54, 1.807) is 12.2 Å². The Balaban J connectivity index is 2.59. The lowest BCUT2D eigenvalue weighted by molar-refractivity contribution is -0.112. The fourth-order valence-electron chi connectivity index (χ4n) is 0.918. The van der Waals surface area contributed by atoms with Crippen LogP contribution in [0.2, 0.25) is 0 Å². The third-order valence-electron chi connectivity index (χ3n) is 1.62. The first-order chi connectivity index (χ1) is 6.18. The third kappa shape index (κ3) is 3.56. The first kappa shape index (κ1) is 9.52. The van der Waals surface area contributed by atoms with E-state index in [-0.39, 0.29) is 5.78 Å². The smallest absolute Gasteiger partial charge is 0.152 e. The minimum Gasteiger partial charge on any atom is -0.357 e. The fourth-order valence-corrected chi connectivity index (χ4v) is 0.918. The van der Waals surface area contributed by atoms with Crippen LogP contribution >= 0.6 is 0 Å². The van der Waals surface area contributed by atoms with Gasteiger partial charge in [0.2, 0.25) is 0 Å². The maximum absolute atomic E-state index is 10.6. The molecule has 1 rings (SSSR count). The Bertz CT molecular complexity index is 292. The molecule has 0 aliphatic carbocycles. The van der Waals surface area contributed by atoms with Crippen LogP contribution in [0.3, 0.4) is 0 Å². The maximum Gasteiger partial charge on any atom is 0.152 e. The van der Waals surface area contributed by atoms with Crippen molar-refractivity contribution in [1.82, 2.24) is 4.90 Å². The molecule has 0 saturated heterocycles. The molecule has 1 aliphatic heterocycles. The van der Waals surface area contributed by atoms with Crippen molar-refractivity contribution in [1.29, 1.82) is 0 Å². The van der Waals surface area contributed by atoms with Gasteiger partial charge in [0.1, 0.15) is 0 Å². The van der Waals surface area contributed by atoms with Gasteiger partial charge < -0.3 is 4.90 Å². The van der Waals surface area contributed by atoms with E-state index in [1.165, 1.54) is 6.92 Å². The van der Waals surface area contributed by atoms with Crippen molar-refractivity contribution in [2.45, 2.75) is 6.92 Å². The number of ketones is 1. The highest BCUT2D eigenvalue weighted by Gasteiger charge is 1.92. The largest absolute Gasteiger partial charge is 0.357 e. The monoisotopic (exact) mass is 175 g/mol. The third-order valence-corrected chi connectivity index (χ3v) is 1.62. The molecule has 13 heavy (non-hydrogen) atoms. The van der Waals surface area contributed by atoms with Crippen LogP contribution in [0.4, 0.5) is 0 Å². The molecule has 0 atom stereocenters. The summed E-state index contributed by atoms with van der Waals surface area (Å²) in [6.07, 6.45) is 13.1. The Kier molecular flexibility index (Phi) is 3.26. The molecule has 0 radical (unpaired) electrons. The maximum atomic E-state index is 10.6. The van der Waals surface area contributed by atoms with Gasteiger partial charge in [-0.3, -0.25) is 4.79 Å². The molecule has 0 bridgehead atoms. The van der Waals surface area contributed by atoms with Gasteiger partial charge >= 0.3 is 0 Å². The standard InChI is InChI=1S/C11H13NO/c1-10(13)4-3-5-11-6-8-12(2)9-7-11/h3-9H,1-2H3/b4-3+. The Hall–Kier alpha value is -1.57. The molecule has 0 aromatic rings. The van der Waals surface area contributed by atoms with Crippen LogP contribution in [0, 0.1) is 0 Å².